The summed E-state index contributed by atoms with van der Waals surface area (Å²) in [6.07, 6.45) is 0. The second-order valence-electron chi connectivity index (χ2n) is 8.26. The van der Waals surface area contributed by atoms with Crippen molar-refractivity contribution < 1.29 is 14.3 Å². The molecule has 0 saturated carbocycles. The van der Waals surface area contributed by atoms with Gasteiger partial charge in [-0.05, 0) is 49.2 Å². The van der Waals surface area contributed by atoms with E-state index < -0.39 is 0 Å². The van der Waals surface area contributed by atoms with Crippen molar-refractivity contribution in [3.8, 4) is 5.75 Å². The third kappa shape index (κ3) is 5.91. The zero-order valence-electron chi connectivity index (χ0n) is 18.6. The standard InChI is InChI=1S/C24H30ClN3O3/c1-16(2)24(30)28-10-8-27(9-11-28)23-20(25)6-5-7-21(23)26-22(29)15-31-19-13-17(3)12-18(4)14-19/h5-7,12-14,16H,8-11,15H2,1-4H3,(H,26,29). The topological polar surface area (TPSA) is 61.9 Å². The summed E-state index contributed by atoms with van der Waals surface area (Å²) in [5, 5.41) is 3.50. The van der Waals surface area contributed by atoms with Gasteiger partial charge < -0.3 is 19.9 Å². The minimum Gasteiger partial charge on any atom is -0.484 e. The van der Waals surface area contributed by atoms with Crippen LogP contribution in [0.1, 0.15) is 25.0 Å². The molecule has 2 aromatic carbocycles. The first-order valence-electron chi connectivity index (χ1n) is 10.6. The Kier molecular flexibility index (Phi) is 7.44. The smallest absolute Gasteiger partial charge is 0.262 e. The SMILES string of the molecule is Cc1cc(C)cc(OCC(=O)Nc2cccc(Cl)c2N2CCN(C(=O)C(C)C)CC2)c1. The maximum atomic E-state index is 12.6. The molecule has 31 heavy (non-hydrogen) atoms. The van der Waals surface area contributed by atoms with E-state index in [9.17, 15) is 9.59 Å². The van der Waals surface area contributed by atoms with Crippen molar-refractivity contribution in [2.75, 3.05) is 43.0 Å². The van der Waals surface area contributed by atoms with Crippen LogP contribution >= 0.6 is 11.6 Å². The molecule has 1 aliphatic heterocycles. The number of amides is 2. The van der Waals surface area contributed by atoms with Gasteiger partial charge in [0.05, 0.1) is 16.4 Å². The van der Waals surface area contributed by atoms with Crippen LogP contribution in [0.2, 0.25) is 5.02 Å². The van der Waals surface area contributed by atoms with E-state index in [0.29, 0.717) is 42.6 Å². The molecule has 3 rings (SSSR count). The van der Waals surface area contributed by atoms with Crippen molar-refractivity contribution in [2.24, 2.45) is 5.92 Å². The normalized spacial score (nSPS) is 14.0. The molecule has 1 saturated heterocycles. The van der Waals surface area contributed by atoms with Crippen molar-refractivity contribution in [1.29, 1.82) is 0 Å². The average Bonchev–Trinajstić information content (AvgIpc) is 2.71. The van der Waals surface area contributed by atoms with E-state index >= 15 is 0 Å². The number of para-hydroxylation sites is 1. The van der Waals surface area contributed by atoms with Gasteiger partial charge in [-0.15, -0.1) is 0 Å². The van der Waals surface area contributed by atoms with E-state index in [2.05, 4.69) is 16.3 Å². The maximum Gasteiger partial charge on any atom is 0.262 e. The van der Waals surface area contributed by atoms with Gasteiger partial charge in [0.2, 0.25) is 5.91 Å². The van der Waals surface area contributed by atoms with Gasteiger partial charge in [-0.3, -0.25) is 9.59 Å². The molecule has 2 amide bonds. The molecule has 1 heterocycles. The number of benzene rings is 2. The van der Waals surface area contributed by atoms with Crippen molar-refractivity contribution >= 4 is 34.8 Å². The highest BCUT2D eigenvalue weighted by atomic mass is 35.5. The fraction of sp³-hybridized carbons (Fsp3) is 0.417. The summed E-state index contributed by atoms with van der Waals surface area (Å²) in [6.45, 7) is 10.3. The van der Waals surface area contributed by atoms with E-state index in [1.165, 1.54) is 0 Å². The van der Waals surface area contributed by atoms with Gasteiger partial charge in [0.25, 0.3) is 5.91 Å². The van der Waals surface area contributed by atoms with Gasteiger partial charge in [0.1, 0.15) is 5.75 Å². The number of nitrogens with zero attached hydrogens (tertiary/aromatic N) is 2. The number of carbonyl (C=O) groups excluding carboxylic acids is 2. The Balaban J connectivity index is 1.65. The molecule has 1 N–H and O–H groups in total. The number of ether oxygens (including phenoxy) is 1. The lowest BCUT2D eigenvalue weighted by atomic mass is 10.1. The van der Waals surface area contributed by atoms with Crippen LogP contribution in [-0.4, -0.2) is 49.5 Å². The van der Waals surface area contributed by atoms with E-state index in [-0.39, 0.29) is 24.3 Å². The minimum atomic E-state index is -0.253. The fourth-order valence-electron chi connectivity index (χ4n) is 3.80. The number of aryl methyl sites for hydroxylation is 2. The van der Waals surface area contributed by atoms with Gasteiger partial charge in [0.15, 0.2) is 6.61 Å². The Hall–Kier alpha value is -2.73. The van der Waals surface area contributed by atoms with E-state index in [4.69, 9.17) is 16.3 Å². The first-order chi connectivity index (χ1) is 14.7. The van der Waals surface area contributed by atoms with Crippen LogP contribution in [0.4, 0.5) is 11.4 Å². The molecule has 0 radical (unpaired) electrons. The molecule has 0 unspecified atom stereocenters. The molecule has 0 atom stereocenters. The lowest BCUT2D eigenvalue weighted by Crippen LogP contribution is -2.50. The number of halogens is 1. The molecule has 6 nitrogen and oxygen atoms in total. The molecule has 2 aromatic rings. The summed E-state index contributed by atoms with van der Waals surface area (Å²) in [7, 11) is 0. The Labute approximate surface area is 189 Å². The Bertz CT molecular complexity index is 933. The van der Waals surface area contributed by atoms with Gasteiger partial charge in [-0.25, -0.2) is 0 Å². The number of anilines is 2. The van der Waals surface area contributed by atoms with Crippen LogP contribution in [0.15, 0.2) is 36.4 Å². The van der Waals surface area contributed by atoms with Gasteiger partial charge >= 0.3 is 0 Å². The van der Waals surface area contributed by atoms with Crippen LogP contribution in [0.25, 0.3) is 0 Å². The third-order valence-electron chi connectivity index (χ3n) is 5.23. The summed E-state index contributed by atoms with van der Waals surface area (Å²) < 4.78 is 5.68. The number of carbonyl (C=O) groups is 2. The summed E-state index contributed by atoms with van der Waals surface area (Å²) >= 11 is 6.50. The van der Waals surface area contributed by atoms with Crippen LogP contribution in [0.3, 0.4) is 0 Å². The van der Waals surface area contributed by atoms with Gasteiger partial charge in [-0.2, -0.15) is 0 Å². The number of rotatable bonds is 6. The second kappa shape index (κ2) is 10.1. The lowest BCUT2D eigenvalue weighted by Gasteiger charge is -2.38. The second-order valence-corrected chi connectivity index (χ2v) is 8.67. The third-order valence-corrected chi connectivity index (χ3v) is 5.53. The first kappa shape index (κ1) is 22.9. The minimum absolute atomic E-state index is 0.0149. The van der Waals surface area contributed by atoms with Crippen molar-refractivity contribution in [3.05, 3.63) is 52.5 Å². The van der Waals surface area contributed by atoms with Crippen molar-refractivity contribution in [1.82, 2.24) is 4.90 Å². The summed E-state index contributed by atoms with van der Waals surface area (Å²) in [4.78, 5) is 28.8. The van der Waals surface area contributed by atoms with Crippen LogP contribution in [0, 0.1) is 19.8 Å². The van der Waals surface area contributed by atoms with Crippen molar-refractivity contribution in [3.63, 3.8) is 0 Å². The quantitative estimate of drug-likeness (QED) is 0.723. The molecule has 0 spiro atoms. The average molecular weight is 444 g/mol. The molecule has 166 valence electrons. The predicted molar refractivity (Wildman–Crippen MR) is 125 cm³/mol. The van der Waals surface area contributed by atoms with Crippen LogP contribution in [0.5, 0.6) is 5.75 Å². The van der Waals surface area contributed by atoms with E-state index in [0.717, 1.165) is 16.8 Å². The zero-order valence-corrected chi connectivity index (χ0v) is 19.3. The maximum absolute atomic E-state index is 12.6. The molecular formula is C24H30ClN3O3. The van der Waals surface area contributed by atoms with Crippen LogP contribution in [-0.2, 0) is 9.59 Å². The molecule has 0 bridgehead atoms. The first-order valence-corrected chi connectivity index (χ1v) is 11.0. The molecule has 7 heteroatoms. The molecule has 0 aromatic heterocycles. The highest BCUT2D eigenvalue weighted by Gasteiger charge is 2.25. The molecule has 1 aliphatic rings. The monoisotopic (exact) mass is 443 g/mol. The molecule has 1 fully saturated rings. The number of nitrogens with one attached hydrogen (secondary N) is 1. The molecular weight excluding hydrogens is 414 g/mol. The molecule has 0 aliphatic carbocycles. The van der Waals surface area contributed by atoms with E-state index in [1.807, 2.05) is 62.9 Å². The highest BCUT2D eigenvalue weighted by Crippen LogP contribution is 2.34. The van der Waals surface area contributed by atoms with Crippen LogP contribution < -0.4 is 15.0 Å². The van der Waals surface area contributed by atoms with Gasteiger partial charge in [0, 0.05) is 32.1 Å². The number of hydrogen-bond donors (Lipinski definition) is 1. The fourth-order valence-corrected chi connectivity index (χ4v) is 4.10. The Morgan fingerprint density at radius 3 is 2.32 bits per heavy atom. The zero-order chi connectivity index (χ0) is 22.5. The summed E-state index contributed by atoms with van der Waals surface area (Å²) in [5.74, 6) is 0.566. The summed E-state index contributed by atoms with van der Waals surface area (Å²) in [5.41, 5.74) is 3.59. The number of piperazine rings is 1. The summed E-state index contributed by atoms with van der Waals surface area (Å²) in [6, 6.07) is 11.3. The number of hydrogen-bond acceptors (Lipinski definition) is 4. The Morgan fingerprint density at radius 2 is 1.71 bits per heavy atom. The lowest BCUT2D eigenvalue weighted by molar-refractivity contribution is -0.134. The van der Waals surface area contributed by atoms with Crippen molar-refractivity contribution in [2.45, 2.75) is 27.7 Å². The predicted octanol–water partition coefficient (Wildman–Crippen LogP) is 4.28. The Morgan fingerprint density at radius 1 is 1.06 bits per heavy atom. The largest absolute Gasteiger partial charge is 0.484 e. The van der Waals surface area contributed by atoms with Gasteiger partial charge in [-0.1, -0.05) is 37.6 Å². The highest BCUT2D eigenvalue weighted by molar-refractivity contribution is 6.34. The van der Waals surface area contributed by atoms with E-state index in [1.54, 1.807) is 0 Å².